The fourth-order valence-corrected chi connectivity index (χ4v) is 4.57. The number of pyridine rings is 2. The molecule has 2 aliphatic rings. The molecule has 180 valence electrons. The first-order valence-electron chi connectivity index (χ1n) is 11.3. The molecule has 0 radical (unpaired) electrons. The van der Waals surface area contributed by atoms with Gasteiger partial charge in [0.2, 0.25) is 5.88 Å². The number of imidazole rings is 1. The fraction of sp³-hybridized carbons (Fsp3) is 0.333. The van der Waals surface area contributed by atoms with Gasteiger partial charge in [-0.3, -0.25) is 9.83 Å². The molecule has 1 fully saturated rings. The molecule has 9 nitrogen and oxygen atoms in total. The number of halogens is 2. The summed E-state index contributed by atoms with van der Waals surface area (Å²) < 4.78 is 38.1. The van der Waals surface area contributed by atoms with Crippen molar-refractivity contribution in [2.75, 3.05) is 7.11 Å². The Bertz CT molecular complexity index is 1470. The van der Waals surface area contributed by atoms with Crippen molar-refractivity contribution in [3.05, 3.63) is 65.6 Å². The van der Waals surface area contributed by atoms with Gasteiger partial charge in [-0.2, -0.15) is 0 Å². The van der Waals surface area contributed by atoms with E-state index in [1.807, 2.05) is 23.8 Å². The van der Waals surface area contributed by atoms with Gasteiger partial charge in [0.15, 0.2) is 17.5 Å². The Morgan fingerprint density at radius 3 is 2.71 bits per heavy atom. The van der Waals surface area contributed by atoms with E-state index in [0.717, 1.165) is 30.4 Å². The number of hydrogen-bond donors (Lipinski definition) is 1. The van der Waals surface area contributed by atoms with Crippen molar-refractivity contribution < 1.29 is 18.4 Å². The highest BCUT2D eigenvalue weighted by molar-refractivity contribution is 5.97. The molecule has 0 amide bonds. The maximum atomic E-state index is 14.9. The lowest BCUT2D eigenvalue weighted by atomic mass is 9.98. The minimum absolute atomic E-state index is 0.119. The Balaban J connectivity index is 1.45. The van der Waals surface area contributed by atoms with Crippen LogP contribution in [0.3, 0.4) is 0 Å². The molecule has 35 heavy (non-hydrogen) atoms. The van der Waals surface area contributed by atoms with E-state index < -0.39 is 17.7 Å². The average Bonchev–Trinajstić information content (AvgIpc) is 3.54. The molecule has 0 bridgehead atoms. The highest BCUT2D eigenvalue weighted by Gasteiger charge is 2.43. The highest BCUT2D eigenvalue weighted by Crippen LogP contribution is 2.44. The van der Waals surface area contributed by atoms with Crippen molar-refractivity contribution in [2.45, 2.75) is 31.9 Å². The molecule has 1 aliphatic carbocycles. The molecule has 2 atom stereocenters. The second-order valence-electron chi connectivity index (χ2n) is 8.91. The number of aryl methyl sites for hydroxylation is 2. The summed E-state index contributed by atoms with van der Waals surface area (Å²) in [5.74, 6) is -0.904. The third-order valence-corrected chi connectivity index (χ3v) is 6.45. The largest absolute Gasteiger partial charge is 0.479 e. The Morgan fingerprint density at radius 1 is 1.17 bits per heavy atom. The second-order valence-corrected chi connectivity index (χ2v) is 8.91. The molecule has 0 spiro atoms. The van der Waals surface area contributed by atoms with Crippen LogP contribution in [0.1, 0.15) is 35.8 Å². The molecule has 4 aromatic rings. The van der Waals surface area contributed by atoms with Gasteiger partial charge in [-0.25, -0.2) is 29.2 Å². The number of nitrogens with zero attached hydrogens (tertiary/aromatic N) is 6. The van der Waals surface area contributed by atoms with Crippen LogP contribution in [-0.2, 0) is 11.9 Å². The van der Waals surface area contributed by atoms with Gasteiger partial charge in [0.05, 0.1) is 30.7 Å². The van der Waals surface area contributed by atoms with Crippen LogP contribution < -0.4 is 10.2 Å². The first-order chi connectivity index (χ1) is 16.9. The Kier molecular flexibility index (Phi) is 5.03. The van der Waals surface area contributed by atoms with E-state index in [4.69, 9.17) is 14.6 Å². The van der Waals surface area contributed by atoms with Crippen molar-refractivity contribution >= 4 is 16.9 Å². The summed E-state index contributed by atoms with van der Waals surface area (Å²) >= 11 is 0. The molecule has 11 heteroatoms. The van der Waals surface area contributed by atoms with E-state index in [-0.39, 0.29) is 17.4 Å². The van der Waals surface area contributed by atoms with E-state index in [0.29, 0.717) is 28.6 Å². The van der Waals surface area contributed by atoms with Crippen molar-refractivity contribution in [3.63, 3.8) is 0 Å². The van der Waals surface area contributed by atoms with Crippen LogP contribution in [0.2, 0.25) is 0 Å². The number of aliphatic imine (C=N–C) groups is 1. The standard InChI is InChI=1S/C24H23F2N7O2/c1-12-9-33(11-28-12)17-7-6-16(29-24(17)34-3)22-30-20(21(35-31-22)13-4-5-13)14-10-32(2)23-18(14)19(26)15(25)8-27-23/h6-11,13,20-21H,4-5H2,1-3H3,(H,30,31). The van der Waals surface area contributed by atoms with Gasteiger partial charge >= 0.3 is 0 Å². The number of fused-ring (bicyclic) bond motifs is 1. The normalized spacial score (nSPS) is 20.1. The molecule has 4 aromatic heterocycles. The number of hydroxylamine groups is 1. The average molecular weight is 479 g/mol. The topological polar surface area (TPSA) is 91.4 Å². The van der Waals surface area contributed by atoms with Gasteiger partial charge in [-0.15, -0.1) is 0 Å². The third kappa shape index (κ3) is 3.63. The predicted molar refractivity (Wildman–Crippen MR) is 123 cm³/mol. The zero-order chi connectivity index (χ0) is 24.3. The number of rotatable bonds is 5. The number of aromatic nitrogens is 5. The first-order valence-corrected chi connectivity index (χ1v) is 11.3. The van der Waals surface area contributed by atoms with Gasteiger partial charge in [0.25, 0.3) is 0 Å². The zero-order valence-corrected chi connectivity index (χ0v) is 19.4. The molecular formula is C24H23F2N7O2. The predicted octanol–water partition coefficient (Wildman–Crippen LogP) is 3.55. The summed E-state index contributed by atoms with van der Waals surface area (Å²) in [6, 6.07) is 3.08. The Labute approximate surface area is 199 Å². The minimum Gasteiger partial charge on any atom is -0.479 e. The van der Waals surface area contributed by atoms with E-state index in [1.54, 1.807) is 37.3 Å². The molecule has 1 saturated carbocycles. The van der Waals surface area contributed by atoms with Gasteiger partial charge in [-0.05, 0) is 37.8 Å². The van der Waals surface area contributed by atoms with Crippen LogP contribution in [0.25, 0.3) is 16.7 Å². The number of nitrogens with one attached hydrogen (secondary N) is 1. The smallest absolute Gasteiger partial charge is 0.238 e. The highest BCUT2D eigenvalue weighted by atomic mass is 19.2. The van der Waals surface area contributed by atoms with Crippen LogP contribution in [0.15, 0.2) is 42.0 Å². The van der Waals surface area contributed by atoms with E-state index in [1.165, 1.54) is 0 Å². The molecule has 0 aromatic carbocycles. The van der Waals surface area contributed by atoms with E-state index in [9.17, 15) is 8.78 Å². The van der Waals surface area contributed by atoms with Crippen LogP contribution in [0.5, 0.6) is 5.88 Å². The number of amidine groups is 1. The number of ether oxygens (including phenoxy) is 1. The van der Waals surface area contributed by atoms with Crippen molar-refractivity contribution in [3.8, 4) is 11.6 Å². The minimum atomic E-state index is -0.997. The Hall–Kier alpha value is -3.86. The third-order valence-electron chi connectivity index (χ3n) is 6.45. The van der Waals surface area contributed by atoms with Crippen molar-refractivity contribution in [2.24, 2.45) is 18.0 Å². The lowest BCUT2D eigenvalue weighted by molar-refractivity contribution is -0.0290. The van der Waals surface area contributed by atoms with Crippen LogP contribution >= 0.6 is 0 Å². The lowest BCUT2D eigenvalue weighted by Gasteiger charge is -2.30. The summed E-state index contributed by atoms with van der Waals surface area (Å²) in [5, 5.41) is 0.119. The quantitative estimate of drug-likeness (QED) is 0.471. The number of methoxy groups -OCH3 is 1. The molecule has 1 aliphatic heterocycles. The molecule has 0 saturated heterocycles. The lowest BCUT2D eigenvalue weighted by Crippen LogP contribution is -2.40. The summed E-state index contributed by atoms with van der Waals surface area (Å²) in [7, 11) is 3.29. The second kappa shape index (κ2) is 8.12. The zero-order valence-electron chi connectivity index (χ0n) is 19.4. The van der Waals surface area contributed by atoms with Gasteiger partial charge in [0, 0.05) is 25.0 Å². The monoisotopic (exact) mass is 479 g/mol. The van der Waals surface area contributed by atoms with Gasteiger partial charge < -0.3 is 13.9 Å². The van der Waals surface area contributed by atoms with Crippen molar-refractivity contribution in [1.29, 1.82) is 0 Å². The van der Waals surface area contributed by atoms with E-state index >= 15 is 0 Å². The van der Waals surface area contributed by atoms with Crippen molar-refractivity contribution in [1.82, 2.24) is 29.6 Å². The SMILES string of the molecule is COc1nc(C2=NC(c3cn(C)c4ncc(F)c(F)c34)C(C3CC3)ON2)ccc1-n1cnc(C)c1. The molecule has 1 N–H and O–H groups in total. The molecule has 2 unspecified atom stereocenters. The Morgan fingerprint density at radius 2 is 2.00 bits per heavy atom. The summed E-state index contributed by atoms with van der Waals surface area (Å²) in [6.07, 6.45) is 7.84. The fourth-order valence-electron chi connectivity index (χ4n) is 4.57. The van der Waals surface area contributed by atoms with Crippen LogP contribution in [-0.4, -0.2) is 43.1 Å². The van der Waals surface area contributed by atoms with Gasteiger partial charge in [-0.1, -0.05) is 0 Å². The summed E-state index contributed by atoms with van der Waals surface area (Å²) in [5.41, 5.74) is 5.88. The maximum Gasteiger partial charge on any atom is 0.238 e. The molecule has 6 rings (SSSR count). The number of hydrogen-bond acceptors (Lipinski definition) is 7. The first kappa shape index (κ1) is 21.7. The van der Waals surface area contributed by atoms with Gasteiger partial charge in [0.1, 0.15) is 29.2 Å². The van der Waals surface area contributed by atoms with Crippen LogP contribution in [0.4, 0.5) is 8.78 Å². The molecular weight excluding hydrogens is 456 g/mol. The maximum absolute atomic E-state index is 14.9. The summed E-state index contributed by atoms with van der Waals surface area (Å²) in [4.78, 5) is 23.9. The molecule has 5 heterocycles. The summed E-state index contributed by atoms with van der Waals surface area (Å²) in [6.45, 7) is 1.90. The van der Waals surface area contributed by atoms with Crippen LogP contribution in [0, 0.1) is 24.5 Å². The van der Waals surface area contributed by atoms with E-state index in [2.05, 4.69) is 20.4 Å².